The Morgan fingerprint density at radius 1 is 1.12 bits per heavy atom. The molecule has 0 aliphatic carbocycles. The molecule has 0 radical (unpaired) electrons. The molecule has 1 fully saturated rings. The predicted molar refractivity (Wildman–Crippen MR) is 144 cm³/mol. The first-order valence-corrected chi connectivity index (χ1v) is 14.3. The number of sulfonamides is 1. The van der Waals surface area contributed by atoms with Gasteiger partial charge in [0.25, 0.3) is 10.0 Å². The van der Waals surface area contributed by atoms with Gasteiger partial charge in [0.2, 0.25) is 11.8 Å². The number of halogens is 5. The van der Waals surface area contributed by atoms with Gasteiger partial charge in [0.15, 0.2) is 0 Å². The van der Waals surface area contributed by atoms with Crippen molar-refractivity contribution in [3.05, 3.63) is 58.1 Å². The summed E-state index contributed by atoms with van der Waals surface area (Å²) >= 11 is 12.0. The summed E-state index contributed by atoms with van der Waals surface area (Å²) in [5.74, 6) is -1.74. The third kappa shape index (κ3) is 8.48. The van der Waals surface area contributed by atoms with Crippen LogP contribution in [0.5, 0.6) is 0 Å². The van der Waals surface area contributed by atoms with Crippen molar-refractivity contribution >= 4 is 56.8 Å². The lowest BCUT2D eigenvalue weighted by Gasteiger charge is -2.35. The Balaban J connectivity index is 1.84. The third-order valence-electron chi connectivity index (χ3n) is 6.14. The average molecular weight is 634 g/mol. The standard InChI is InChI=1S/C25H24Cl2F3N5O5S/c26-18-4-6-19(7-5-18)41(39,40)35(21-12-17(25(28,29)30)3-8-20(21)27)15-23(37)34-11-1-2-16(14-34)13-32-24(38)33-22(36)9-10-31/h3-8,12,16H,1-2,9,11,13-15H2,(H2,32,33,36,38). The first kappa shape index (κ1) is 32.0. The summed E-state index contributed by atoms with van der Waals surface area (Å²) in [7, 11) is -4.59. The van der Waals surface area contributed by atoms with E-state index in [2.05, 4.69) is 5.32 Å². The lowest BCUT2D eigenvalue weighted by Crippen LogP contribution is -2.49. The first-order chi connectivity index (χ1) is 19.2. The second kappa shape index (κ2) is 13.4. The molecule has 1 saturated heterocycles. The summed E-state index contributed by atoms with van der Waals surface area (Å²) in [6, 6.07) is 7.86. The number of rotatable bonds is 8. The quantitative estimate of drug-likeness (QED) is 0.447. The topological polar surface area (TPSA) is 140 Å². The molecule has 10 nitrogen and oxygen atoms in total. The number of carbonyl (C=O) groups is 3. The third-order valence-corrected chi connectivity index (χ3v) is 8.48. The fourth-order valence-electron chi connectivity index (χ4n) is 4.12. The molecule has 2 aromatic carbocycles. The summed E-state index contributed by atoms with van der Waals surface area (Å²) in [4.78, 5) is 37.7. The van der Waals surface area contributed by atoms with E-state index in [1.54, 1.807) is 6.07 Å². The maximum Gasteiger partial charge on any atom is 0.416 e. The molecule has 1 aliphatic heterocycles. The number of piperidine rings is 1. The van der Waals surface area contributed by atoms with Crippen molar-refractivity contribution in [1.82, 2.24) is 15.5 Å². The van der Waals surface area contributed by atoms with Gasteiger partial charge in [0.05, 0.1) is 27.2 Å². The number of carbonyl (C=O) groups excluding carboxylic acids is 3. The lowest BCUT2D eigenvalue weighted by atomic mass is 9.98. The largest absolute Gasteiger partial charge is 0.416 e. The van der Waals surface area contributed by atoms with Crippen molar-refractivity contribution in [1.29, 1.82) is 5.26 Å². The van der Waals surface area contributed by atoms with E-state index in [1.807, 2.05) is 5.32 Å². The molecule has 0 aromatic heterocycles. The van der Waals surface area contributed by atoms with E-state index in [0.29, 0.717) is 29.3 Å². The normalized spacial score (nSPS) is 15.5. The SMILES string of the molecule is N#CCC(=O)NC(=O)NCC1CCCN(C(=O)CN(c2cc(C(F)(F)F)ccc2Cl)S(=O)(=O)c2ccc(Cl)cc2)C1. The number of nitrogens with zero attached hydrogens (tertiary/aromatic N) is 3. The zero-order valence-electron chi connectivity index (χ0n) is 21.2. The number of nitriles is 1. The molecule has 2 N–H and O–H groups in total. The Morgan fingerprint density at radius 3 is 2.44 bits per heavy atom. The Kier molecular flexibility index (Phi) is 10.5. The van der Waals surface area contributed by atoms with E-state index in [4.69, 9.17) is 28.5 Å². The van der Waals surface area contributed by atoms with E-state index >= 15 is 0 Å². The number of hydrogen-bond acceptors (Lipinski definition) is 6. The van der Waals surface area contributed by atoms with Crippen LogP contribution in [0.1, 0.15) is 24.8 Å². The van der Waals surface area contributed by atoms with Gasteiger partial charge in [0, 0.05) is 24.7 Å². The highest BCUT2D eigenvalue weighted by Gasteiger charge is 2.36. The van der Waals surface area contributed by atoms with E-state index in [9.17, 15) is 36.0 Å². The first-order valence-electron chi connectivity index (χ1n) is 12.1. The maximum atomic E-state index is 13.6. The van der Waals surface area contributed by atoms with Crippen LogP contribution in [0.15, 0.2) is 47.4 Å². The van der Waals surface area contributed by atoms with Crippen molar-refractivity contribution in [3.63, 3.8) is 0 Å². The molecular weight excluding hydrogens is 610 g/mol. The molecule has 0 bridgehead atoms. The van der Waals surface area contributed by atoms with Crippen LogP contribution < -0.4 is 14.9 Å². The second-order valence-electron chi connectivity index (χ2n) is 9.07. The Labute approximate surface area is 244 Å². The maximum absolute atomic E-state index is 13.6. The number of hydrogen-bond donors (Lipinski definition) is 2. The number of urea groups is 1. The summed E-state index contributed by atoms with van der Waals surface area (Å²) < 4.78 is 68.3. The molecule has 2 aromatic rings. The molecule has 1 heterocycles. The molecule has 3 rings (SSSR count). The van der Waals surface area contributed by atoms with E-state index in [1.165, 1.54) is 17.0 Å². The minimum absolute atomic E-state index is 0.0711. The summed E-state index contributed by atoms with van der Waals surface area (Å²) in [6.07, 6.45) is -4.20. The van der Waals surface area contributed by atoms with Gasteiger partial charge in [-0.1, -0.05) is 23.2 Å². The summed E-state index contributed by atoms with van der Waals surface area (Å²) in [5.41, 5.74) is -1.69. The molecule has 1 aliphatic rings. The van der Waals surface area contributed by atoms with Crippen molar-refractivity contribution in [3.8, 4) is 6.07 Å². The number of imide groups is 1. The minimum Gasteiger partial charge on any atom is -0.341 e. The van der Waals surface area contributed by atoms with Crippen LogP contribution in [0, 0.1) is 17.2 Å². The van der Waals surface area contributed by atoms with Gasteiger partial charge in [0.1, 0.15) is 13.0 Å². The highest BCUT2D eigenvalue weighted by molar-refractivity contribution is 7.92. The second-order valence-corrected chi connectivity index (χ2v) is 11.8. The van der Waals surface area contributed by atoms with Crippen LogP contribution in [0.3, 0.4) is 0 Å². The van der Waals surface area contributed by atoms with Gasteiger partial charge < -0.3 is 10.2 Å². The van der Waals surface area contributed by atoms with Gasteiger partial charge in [-0.15, -0.1) is 0 Å². The lowest BCUT2D eigenvalue weighted by molar-refractivity contribution is -0.137. The zero-order valence-corrected chi connectivity index (χ0v) is 23.6. The predicted octanol–water partition coefficient (Wildman–Crippen LogP) is 4.19. The van der Waals surface area contributed by atoms with Gasteiger partial charge in [-0.3, -0.25) is 19.2 Å². The molecule has 16 heteroatoms. The van der Waals surface area contributed by atoms with Gasteiger partial charge in [-0.05, 0) is 61.2 Å². The Hall–Kier alpha value is -3.54. The fraction of sp³-hybridized carbons (Fsp3) is 0.360. The van der Waals surface area contributed by atoms with Crippen LogP contribution in [0.25, 0.3) is 0 Å². The highest BCUT2D eigenvalue weighted by Crippen LogP contribution is 2.37. The van der Waals surface area contributed by atoms with Gasteiger partial charge >= 0.3 is 12.2 Å². The van der Waals surface area contributed by atoms with Crippen LogP contribution in [-0.4, -0.2) is 57.3 Å². The molecule has 1 unspecified atom stereocenters. The summed E-state index contributed by atoms with van der Waals surface area (Å²) in [5, 5.41) is 12.9. The number of amides is 4. The van der Waals surface area contributed by atoms with E-state index in [0.717, 1.165) is 18.2 Å². The van der Waals surface area contributed by atoms with E-state index in [-0.39, 0.29) is 40.5 Å². The number of alkyl halides is 3. The average Bonchev–Trinajstić information content (AvgIpc) is 2.90. The molecule has 1 atom stereocenters. The number of benzene rings is 2. The monoisotopic (exact) mass is 633 g/mol. The molecule has 220 valence electrons. The zero-order chi connectivity index (χ0) is 30.4. The van der Waals surface area contributed by atoms with Crippen LogP contribution in [-0.2, 0) is 25.8 Å². The molecule has 0 saturated carbocycles. The molecule has 4 amide bonds. The fourth-order valence-corrected chi connectivity index (χ4v) is 5.94. The summed E-state index contributed by atoms with van der Waals surface area (Å²) in [6.45, 7) is -0.430. The molecule has 0 spiro atoms. The van der Waals surface area contributed by atoms with Crippen molar-refractivity contribution in [2.24, 2.45) is 5.92 Å². The number of nitrogens with one attached hydrogen (secondary N) is 2. The smallest absolute Gasteiger partial charge is 0.341 e. The Bertz CT molecular complexity index is 1450. The van der Waals surface area contributed by atoms with Crippen LogP contribution in [0.4, 0.5) is 23.7 Å². The van der Waals surface area contributed by atoms with Crippen molar-refractivity contribution < 1.29 is 36.0 Å². The molecular formula is C25H24Cl2F3N5O5S. The number of anilines is 1. The van der Waals surface area contributed by atoms with Gasteiger partial charge in [-0.25, -0.2) is 13.2 Å². The van der Waals surface area contributed by atoms with Crippen molar-refractivity contribution in [2.75, 3.05) is 30.5 Å². The molecule has 41 heavy (non-hydrogen) atoms. The van der Waals surface area contributed by atoms with E-state index < -0.39 is 58.3 Å². The highest BCUT2D eigenvalue weighted by atomic mass is 35.5. The Morgan fingerprint density at radius 2 is 1.80 bits per heavy atom. The number of likely N-dealkylation sites (tertiary alicyclic amines) is 1. The van der Waals surface area contributed by atoms with Gasteiger partial charge in [-0.2, -0.15) is 18.4 Å². The minimum atomic E-state index is -4.81. The van der Waals surface area contributed by atoms with Crippen molar-refractivity contribution in [2.45, 2.75) is 30.3 Å². The van der Waals surface area contributed by atoms with Crippen LogP contribution >= 0.6 is 23.2 Å². The van der Waals surface area contributed by atoms with Crippen LogP contribution in [0.2, 0.25) is 10.0 Å².